The van der Waals surface area contributed by atoms with Crippen molar-refractivity contribution < 1.29 is 17.9 Å². The summed E-state index contributed by atoms with van der Waals surface area (Å²) in [5.41, 5.74) is 2.19. The second-order valence-electron chi connectivity index (χ2n) is 5.85. The van der Waals surface area contributed by atoms with Crippen molar-refractivity contribution in [1.82, 2.24) is 5.32 Å². The van der Waals surface area contributed by atoms with Crippen molar-refractivity contribution in [2.45, 2.75) is 12.5 Å². The van der Waals surface area contributed by atoms with Crippen LogP contribution in [-0.4, -0.2) is 38.5 Å². The van der Waals surface area contributed by atoms with Crippen LogP contribution in [0.4, 0.5) is 0 Å². The monoisotopic (exact) mass is 345 g/mol. The highest BCUT2D eigenvalue weighted by atomic mass is 32.2. The molecule has 0 bridgehead atoms. The van der Waals surface area contributed by atoms with Crippen molar-refractivity contribution in [3.05, 3.63) is 54.6 Å². The Morgan fingerprint density at radius 2 is 1.71 bits per heavy atom. The molecule has 24 heavy (non-hydrogen) atoms. The number of sulfone groups is 1. The third-order valence-corrected chi connectivity index (χ3v) is 5.70. The molecule has 0 radical (unpaired) electrons. The first kappa shape index (κ1) is 16.5. The number of amides is 1. The van der Waals surface area contributed by atoms with E-state index in [2.05, 4.69) is 5.32 Å². The lowest BCUT2D eigenvalue weighted by Crippen LogP contribution is -2.38. The molecule has 5 nitrogen and oxygen atoms in total. The molecular formula is C18H19NO4S. The van der Waals surface area contributed by atoms with E-state index in [1.807, 2.05) is 54.6 Å². The first-order valence-corrected chi connectivity index (χ1v) is 9.62. The number of rotatable bonds is 5. The second kappa shape index (κ2) is 7.05. The van der Waals surface area contributed by atoms with E-state index in [0.29, 0.717) is 12.2 Å². The van der Waals surface area contributed by atoms with Crippen LogP contribution in [-0.2, 0) is 14.6 Å². The molecule has 0 saturated carbocycles. The molecule has 3 rings (SSSR count). The van der Waals surface area contributed by atoms with E-state index in [-0.39, 0.29) is 30.1 Å². The molecule has 2 aromatic carbocycles. The maximum Gasteiger partial charge on any atom is 0.258 e. The van der Waals surface area contributed by atoms with Crippen molar-refractivity contribution >= 4 is 15.7 Å². The normalized spacial score (nSPS) is 18.9. The van der Waals surface area contributed by atoms with E-state index in [1.165, 1.54) is 0 Å². The summed E-state index contributed by atoms with van der Waals surface area (Å²) >= 11 is 0. The van der Waals surface area contributed by atoms with Gasteiger partial charge in [0.2, 0.25) is 0 Å². The average molecular weight is 345 g/mol. The third-order valence-electron chi connectivity index (χ3n) is 3.93. The van der Waals surface area contributed by atoms with E-state index in [1.54, 1.807) is 0 Å². The lowest BCUT2D eigenvalue weighted by atomic mass is 10.1. The summed E-state index contributed by atoms with van der Waals surface area (Å²) in [6.07, 6.45) is 0.472. The molecule has 1 atom stereocenters. The number of carbonyl (C=O) groups excluding carboxylic acids is 1. The Balaban J connectivity index is 1.51. The Morgan fingerprint density at radius 1 is 1.04 bits per heavy atom. The minimum absolute atomic E-state index is 0.0184. The predicted octanol–water partition coefficient (Wildman–Crippen LogP) is 2.04. The Morgan fingerprint density at radius 3 is 2.33 bits per heavy atom. The van der Waals surface area contributed by atoms with Gasteiger partial charge < -0.3 is 10.1 Å². The molecule has 1 heterocycles. The molecule has 0 aromatic heterocycles. The summed E-state index contributed by atoms with van der Waals surface area (Å²) < 4.78 is 28.2. The highest BCUT2D eigenvalue weighted by molar-refractivity contribution is 7.91. The molecule has 1 aliphatic heterocycles. The van der Waals surface area contributed by atoms with Crippen molar-refractivity contribution in [1.29, 1.82) is 0 Å². The molecular weight excluding hydrogens is 326 g/mol. The van der Waals surface area contributed by atoms with Crippen LogP contribution in [0.2, 0.25) is 0 Å². The fourth-order valence-electron chi connectivity index (χ4n) is 2.70. The minimum Gasteiger partial charge on any atom is -0.484 e. The van der Waals surface area contributed by atoms with E-state index in [0.717, 1.165) is 11.1 Å². The summed E-state index contributed by atoms with van der Waals surface area (Å²) in [5, 5.41) is 2.70. The van der Waals surface area contributed by atoms with Crippen molar-refractivity contribution in [3.8, 4) is 16.9 Å². The second-order valence-corrected chi connectivity index (χ2v) is 8.08. The molecule has 0 aliphatic carbocycles. The zero-order valence-corrected chi connectivity index (χ0v) is 14.0. The fourth-order valence-corrected chi connectivity index (χ4v) is 4.37. The molecule has 0 spiro atoms. The summed E-state index contributed by atoms with van der Waals surface area (Å²) in [6, 6.07) is 17.2. The van der Waals surface area contributed by atoms with Crippen LogP contribution >= 0.6 is 0 Å². The SMILES string of the molecule is O=C(COc1ccc(-c2ccccc2)cc1)N[C@H]1CCS(=O)(=O)C1. The molecule has 2 aromatic rings. The largest absolute Gasteiger partial charge is 0.484 e. The molecule has 1 aliphatic rings. The van der Waals surface area contributed by atoms with E-state index in [4.69, 9.17) is 4.74 Å². The summed E-state index contributed by atoms with van der Waals surface area (Å²) in [6.45, 7) is -0.124. The first-order valence-electron chi connectivity index (χ1n) is 7.80. The minimum atomic E-state index is -2.99. The summed E-state index contributed by atoms with van der Waals surface area (Å²) in [7, 11) is -2.99. The van der Waals surface area contributed by atoms with Gasteiger partial charge in [0.25, 0.3) is 5.91 Å². The fraction of sp³-hybridized carbons (Fsp3) is 0.278. The van der Waals surface area contributed by atoms with Crippen LogP contribution in [0.15, 0.2) is 54.6 Å². The number of carbonyl (C=O) groups is 1. The average Bonchev–Trinajstić information content (AvgIpc) is 2.93. The number of benzene rings is 2. The lowest BCUT2D eigenvalue weighted by molar-refractivity contribution is -0.123. The lowest BCUT2D eigenvalue weighted by Gasteiger charge is -2.12. The molecule has 6 heteroatoms. The van der Waals surface area contributed by atoms with Crippen LogP contribution in [0, 0.1) is 0 Å². The van der Waals surface area contributed by atoms with Gasteiger partial charge in [-0.3, -0.25) is 4.79 Å². The maximum atomic E-state index is 11.8. The number of hydrogen-bond acceptors (Lipinski definition) is 4. The van der Waals surface area contributed by atoms with Gasteiger partial charge in [-0.25, -0.2) is 8.42 Å². The number of nitrogens with one attached hydrogen (secondary N) is 1. The van der Waals surface area contributed by atoms with Crippen molar-refractivity contribution in [3.63, 3.8) is 0 Å². The quantitative estimate of drug-likeness (QED) is 0.900. The Labute approximate surface area is 141 Å². The molecule has 1 N–H and O–H groups in total. The van der Waals surface area contributed by atoms with Gasteiger partial charge in [-0.1, -0.05) is 42.5 Å². The predicted molar refractivity (Wildman–Crippen MR) is 92.6 cm³/mol. The third kappa shape index (κ3) is 4.35. The first-order chi connectivity index (χ1) is 11.5. The van der Waals surface area contributed by atoms with Gasteiger partial charge in [0.1, 0.15) is 5.75 Å². The smallest absolute Gasteiger partial charge is 0.258 e. The molecule has 1 saturated heterocycles. The van der Waals surface area contributed by atoms with Gasteiger partial charge in [0.15, 0.2) is 16.4 Å². The van der Waals surface area contributed by atoms with Gasteiger partial charge >= 0.3 is 0 Å². The van der Waals surface area contributed by atoms with E-state index >= 15 is 0 Å². The zero-order valence-electron chi connectivity index (χ0n) is 13.1. The summed E-state index contributed by atoms with van der Waals surface area (Å²) in [4.78, 5) is 11.8. The van der Waals surface area contributed by atoms with Crippen LogP contribution in [0.1, 0.15) is 6.42 Å². The van der Waals surface area contributed by atoms with E-state index < -0.39 is 9.84 Å². The standard InChI is InChI=1S/C18H19NO4S/c20-18(19-16-10-11-24(21,22)13-16)12-23-17-8-6-15(7-9-17)14-4-2-1-3-5-14/h1-9,16H,10-13H2,(H,19,20)/t16-/m0/s1. The van der Waals surface area contributed by atoms with Gasteiger partial charge in [0.05, 0.1) is 11.5 Å². The highest BCUT2D eigenvalue weighted by Gasteiger charge is 2.28. The molecule has 1 amide bonds. The van der Waals surface area contributed by atoms with Gasteiger partial charge in [-0.2, -0.15) is 0 Å². The Bertz CT molecular complexity index is 801. The van der Waals surface area contributed by atoms with Crippen LogP contribution in [0.25, 0.3) is 11.1 Å². The van der Waals surface area contributed by atoms with Gasteiger partial charge in [-0.05, 0) is 29.7 Å². The Kier molecular flexibility index (Phi) is 4.85. The Hall–Kier alpha value is -2.34. The zero-order chi connectivity index (χ0) is 17.0. The topological polar surface area (TPSA) is 72.5 Å². The molecule has 0 unspecified atom stereocenters. The highest BCUT2D eigenvalue weighted by Crippen LogP contribution is 2.22. The summed E-state index contributed by atoms with van der Waals surface area (Å²) in [5.74, 6) is 0.456. The van der Waals surface area contributed by atoms with Crippen molar-refractivity contribution in [2.75, 3.05) is 18.1 Å². The van der Waals surface area contributed by atoms with Crippen molar-refractivity contribution in [2.24, 2.45) is 0 Å². The number of hydrogen-bond donors (Lipinski definition) is 1. The van der Waals surface area contributed by atoms with E-state index in [9.17, 15) is 13.2 Å². The van der Waals surface area contributed by atoms with Crippen LogP contribution < -0.4 is 10.1 Å². The van der Waals surface area contributed by atoms with Gasteiger partial charge in [0, 0.05) is 6.04 Å². The van der Waals surface area contributed by atoms with Crippen LogP contribution in [0.3, 0.4) is 0 Å². The number of ether oxygens (including phenoxy) is 1. The van der Waals surface area contributed by atoms with Crippen LogP contribution in [0.5, 0.6) is 5.75 Å². The molecule has 1 fully saturated rings. The maximum absolute atomic E-state index is 11.8. The molecule has 126 valence electrons. The van der Waals surface area contributed by atoms with Gasteiger partial charge in [-0.15, -0.1) is 0 Å².